The van der Waals surface area contributed by atoms with E-state index in [1.807, 2.05) is 9.97 Å². The number of aromatic amines is 2. The molecule has 42 nitrogen and oxygen atoms in total. The van der Waals surface area contributed by atoms with Crippen LogP contribution in [0.25, 0.3) is 0 Å². The maximum atomic E-state index is 11.4. The number of carboxylic acid groups (broad SMARTS) is 6. The summed E-state index contributed by atoms with van der Waals surface area (Å²) in [4.78, 5) is 197. The fourth-order valence-electron chi connectivity index (χ4n) is 5.51. The zero-order valence-corrected chi connectivity index (χ0v) is 54.0. The monoisotopic (exact) mass is 1460 g/mol. The molecule has 1 aliphatic heterocycles. The van der Waals surface area contributed by atoms with Crippen molar-refractivity contribution < 1.29 is 166 Å². The number of carboxylic acids is 6. The molecule has 0 radical (unpaired) electrons. The minimum Gasteiger partial charge on any atom is -0.508 e. The molecular weight excluding hydrogens is 1390 g/mol. The molecule has 0 saturated carbocycles. The molecule has 99 heavy (non-hydrogen) atoms. The standard InChI is InChI=1S/C8H12N2O3.C8H6O5.C7H6O4.C6H7N3O3.C6H10O4S2.2C6H10O4.C4H6O6.C4H4O4/c1-3-8(4-2)5(11)9-7(13)10-6(8)12;9-4-13-7-2-5(8(11)12)1-6(10)3-7;8-4-11-7-2-1-5(9)3-6(7)10;1-2-3-9-5(11)7-4(10)8-6(9)12;7-5-10-2-4-12-11-3-1-6(8)9;1-6(2,10-4-7)3-5(8)9;7-5-10-4-2-1-3-6(8)9;5-1-10-4(9)2(6)3(7)8;5-3-8-2-1-4(6)7/h3-4H2,1-2H3,(H2,9,10,11,12,13);1-4,10H,(H,11,12);1-4,9-10H;2H,1,3H2,(H2,7,8,10,11,12);5H,1-4H2,(H,8,9);4H,3H2,1-2H3,(H,8,9);5H,1-4H2,(H,8,9);1-2,4,6,9H,(H,7,8);1-3H,(H,6,7)/b;;;;;;;;2-1+. The average molecular weight is 1460 g/mol. The van der Waals surface area contributed by atoms with Crippen molar-refractivity contribution in [1.82, 2.24) is 25.2 Å². The summed E-state index contributed by atoms with van der Waals surface area (Å²) in [5, 5.41) is 96.8. The van der Waals surface area contributed by atoms with Gasteiger partial charge in [-0.3, -0.25) is 78.1 Å². The number of imide groups is 2. The smallest absolute Gasteiger partial charge is 0.339 e. The van der Waals surface area contributed by atoms with Crippen LogP contribution in [0.1, 0.15) is 83.0 Å². The molecule has 2 heterocycles. The fraction of sp³-hybridized carbons (Fsp3) is 0.364. The van der Waals surface area contributed by atoms with Crippen molar-refractivity contribution in [3.8, 4) is 28.7 Å². The first-order valence-electron chi connectivity index (χ1n) is 26.8. The largest absolute Gasteiger partial charge is 0.508 e. The molecule has 0 bridgehead atoms. The number of carbonyl (C=O) groups is 16. The summed E-state index contributed by atoms with van der Waals surface area (Å²) in [6, 6.07) is 6.28. The van der Waals surface area contributed by atoms with Crippen LogP contribution in [0.4, 0.5) is 4.79 Å². The van der Waals surface area contributed by atoms with E-state index in [1.165, 1.54) is 53.6 Å². The number of phenols is 3. The number of carbonyl (C=O) groups excluding carboxylic acids is 10. The van der Waals surface area contributed by atoms with Gasteiger partial charge < -0.3 is 89.3 Å². The van der Waals surface area contributed by atoms with Gasteiger partial charge in [0, 0.05) is 30.1 Å². The number of aromatic nitrogens is 3. The van der Waals surface area contributed by atoms with Crippen molar-refractivity contribution in [3.05, 3.63) is 98.4 Å². The Morgan fingerprint density at radius 3 is 1.63 bits per heavy atom. The summed E-state index contributed by atoms with van der Waals surface area (Å²) < 4.78 is 30.4. The molecule has 1 aromatic heterocycles. The highest BCUT2D eigenvalue weighted by atomic mass is 33.1. The van der Waals surface area contributed by atoms with Crippen LogP contribution in [-0.2, 0) is 97.4 Å². The molecule has 1 aliphatic rings. The van der Waals surface area contributed by atoms with E-state index in [9.17, 15) is 91.1 Å². The Bertz CT molecular complexity index is 3230. The first kappa shape index (κ1) is 95.8. The Kier molecular flexibility index (Phi) is 55.6. The number of nitrogens with one attached hydrogen (secondary N) is 4. The van der Waals surface area contributed by atoms with Crippen LogP contribution in [0.2, 0.25) is 0 Å². The predicted molar refractivity (Wildman–Crippen MR) is 332 cm³/mol. The molecule has 0 aliphatic carbocycles. The highest BCUT2D eigenvalue weighted by molar-refractivity contribution is 8.76. The lowest BCUT2D eigenvalue weighted by atomic mass is 9.79. The molecule has 1 saturated heterocycles. The number of rotatable bonds is 34. The van der Waals surface area contributed by atoms with Crippen molar-refractivity contribution in [2.24, 2.45) is 5.41 Å². The van der Waals surface area contributed by atoms with Crippen molar-refractivity contribution in [3.63, 3.8) is 0 Å². The highest BCUT2D eigenvalue weighted by Crippen LogP contribution is 2.30. The number of nitrogens with zero attached hydrogens (tertiary/aromatic N) is 1. The van der Waals surface area contributed by atoms with Gasteiger partial charge in [0.2, 0.25) is 24.2 Å². The highest BCUT2D eigenvalue weighted by Gasteiger charge is 2.47. The molecule has 0 spiro atoms. The predicted octanol–water partition coefficient (Wildman–Crippen LogP) is -0.648. The molecule has 44 heteroatoms. The molecule has 1 fully saturated rings. The van der Waals surface area contributed by atoms with Gasteiger partial charge in [-0.05, 0) is 63.8 Å². The van der Waals surface area contributed by atoms with Crippen molar-refractivity contribution >= 4 is 121 Å². The molecule has 15 N–H and O–H groups in total. The number of hydrogen-bond donors (Lipinski definition) is 15. The van der Waals surface area contributed by atoms with E-state index in [2.05, 4.69) is 50.4 Å². The molecular formula is C55H71N5O37S2. The summed E-state index contributed by atoms with van der Waals surface area (Å²) in [5.41, 5.74) is -4.36. The number of benzene rings is 2. The van der Waals surface area contributed by atoms with Crippen LogP contribution in [0, 0.1) is 5.41 Å². The van der Waals surface area contributed by atoms with Gasteiger partial charge in [0.15, 0.2) is 11.5 Å². The van der Waals surface area contributed by atoms with Gasteiger partial charge in [0.1, 0.15) is 41.1 Å². The van der Waals surface area contributed by atoms with E-state index in [0.717, 1.165) is 35.1 Å². The Balaban J connectivity index is -0.000000336. The van der Waals surface area contributed by atoms with Gasteiger partial charge in [0.05, 0.1) is 37.6 Å². The van der Waals surface area contributed by atoms with Gasteiger partial charge in [-0.2, -0.15) is 0 Å². The quantitative estimate of drug-likeness (QED) is 0.00407. The second-order valence-corrected chi connectivity index (χ2v) is 20.3. The fourth-order valence-corrected chi connectivity index (χ4v) is 7.33. The average Bonchev–Trinajstić information content (AvgIpc) is 0.795. The number of unbranched alkanes of at least 4 members (excludes halogenated alkanes) is 1. The molecule has 4 amide bonds. The zero-order valence-electron chi connectivity index (χ0n) is 52.4. The van der Waals surface area contributed by atoms with Crippen molar-refractivity contribution in [2.45, 2.75) is 97.2 Å². The number of aromatic hydroxyl groups is 3. The van der Waals surface area contributed by atoms with Crippen LogP contribution in [0.3, 0.4) is 0 Å². The summed E-state index contributed by atoms with van der Waals surface area (Å²) in [6.07, 6.45) is 0.899. The number of barbiturate groups is 1. The summed E-state index contributed by atoms with van der Waals surface area (Å²) in [6.45, 7) is 12.1. The number of aliphatic hydroxyl groups excluding tert-OH is 2. The molecule has 3 aromatic rings. The summed E-state index contributed by atoms with van der Waals surface area (Å²) in [7, 11) is 2.98. The first-order valence-corrected chi connectivity index (χ1v) is 29.3. The lowest BCUT2D eigenvalue weighted by Crippen LogP contribution is -2.61. The number of H-pyrrole nitrogens is 2. The number of aromatic carboxylic acids is 1. The number of aliphatic carboxylic acids is 5. The van der Waals surface area contributed by atoms with Gasteiger partial charge in [-0.1, -0.05) is 41.5 Å². The zero-order chi connectivity index (χ0) is 77.1. The van der Waals surface area contributed by atoms with Gasteiger partial charge in [-0.25, -0.2) is 38.1 Å². The van der Waals surface area contributed by atoms with Crippen LogP contribution < -0.4 is 37.2 Å². The molecule has 2 unspecified atom stereocenters. The number of urea groups is 1. The van der Waals surface area contributed by atoms with Crippen molar-refractivity contribution in [1.29, 1.82) is 0 Å². The molecule has 4 rings (SSSR count). The molecule has 2 aromatic carbocycles. The number of amides is 4. The third kappa shape index (κ3) is 51.1. The van der Waals surface area contributed by atoms with Crippen LogP contribution in [-0.4, -0.2) is 212 Å². The van der Waals surface area contributed by atoms with E-state index in [0.29, 0.717) is 69.4 Å². The Morgan fingerprint density at radius 1 is 0.646 bits per heavy atom. The SMILES string of the molecule is C=CCn1c(=O)[nH]c(=O)[nH]c1=O.CC(C)(CC(=O)O)OC=O.CCC1(CC)C(=O)NC(=O)NC1=O.O=CO/C=C/C(=O)O.O=COC(O)C(O)C(=O)O.O=COCCCCC(=O)O.O=COCCSSCCC(=O)O.O=COc1cc(O)cc(C(=O)O)c1.O=COc1ccc(O)cc1O. The molecule has 550 valence electrons. The van der Waals surface area contributed by atoms with E-state index in [4.69, 9.17) is 56.2 Å². The third-order valence-corrected chi connectivity index (χ3v) is 12.4. The van der Waals surface area contributed by atoms with Crippen molar-refractivity contribution in [2.75, 3.05) is 24.7 Å². The van der Waals surface area contributed by atoms with Gasteiger partial charge >= 0.3 is 58.9 Å². The number of aliphatic hydroxyl groups is 2. The number of hydrogen-bond acceptors (Lipinski definition) is 33. The Morgan fingerprint density at radius 2 is 1.19 bits per heavy atom. The Labute approximate surface area is 564 Å². The number of ether oxygens (including phenoxy) is 7. The second kappa shape index (κ2) is 57.5. The lowest BCUT2D eigenvalue weighted by molar-refractivity contribution is -0.186. The van der Waals surface area contributed by atoms with E-state index in [1.54, 1.807) is 13.8 Å². The van der Waals surface area contributed by atoms with Gasteiger partial charge in [0.25, 0.3) is 45.3 Å². The van der Waals surface area contributed by atoms with E-state index >= 15 is 0 Å². The Hall–Kier alpha value is -11.9. The second-order valence-electron chi connectivity index (χ2n) is 17.6. The van der Waals surface area contributed by atoms with E-state index < -0.39 is 94.1 Å². The number of phenolic OH excluding ortho intramolecular Hbond substituents is 3. The third-order valence-electron chi connectivity index (χ3n) is 10.0. The van der Waals surface area contributed by atoms with Gasteiger partial charge in [-0.15, -0.1) is 6.58 Å². The lowest BCUT2D eigenvalue weighted by Gasteiger charge is -2.31. The van der Waals surface area contributed by atoms with Crippen LogP contribution in [0.15, 0.2) is 75.8 Å². The maximum Gasteiger partial charge on any atom is 0.339 e. The summed E-state index contributed by atoms with van der Waals surface area (Å²) >= 11 is 0. The first-order chi connectivity index (χ1) is 46.5. The van der Waals surface area contributed by atoms with Crippen LogP contribution in [0.5, 0.6) is 28.7 Å². The van der Waals surface area contributed by atoms with E-state index in [-0.39, 0.29) is 92.5 Å². The molecule has 2 atom stereocenters. The summed E-state index contributed by atoms with van der Waals surface area (Å²) in [5.74, 6) is -6.89. The number of allylic oxidation sites excluding steroid dienone is 1. The normalized spacial score (nSPS) is 11.5. The minimum atomic E-state index is -2.09. The minimum absolute atomic E-state index is 0.00704. The van der Waals surface area contributed by atoms with Crippen LogP contribution >= 0.6 is 21.6 Å². The maximum absolute atomic E-state index is 11.4. The topological polar surface area (TPSA) is 672 Å².